The summed E-state index contributed by atoms with van der Waals surface area (Å²) in [5.74, 6) is 1.60. The van der Waals surface area contributed by atoms with Gasteiger partial charge in [0.2, 0.25) is 5.16 Å². The summed E-state index contributed by atoms with van der Waals surface area (Å²) in [4.78, 5) is 4.28. The fraction of sp³-hybridized carbons (Fsp3) is 0.357. The van der Waals surface area contributed by atoms with Crippen LogP contribution in [0.3, 0.4) is 0 Å². The van der Waals surface area contributed by atoms with Crippen molar-refractivity contribution in [2.24, 2.45) is 5.92 Å². The number of hydrogen-bond acceptors (Lipinski definition) is 6. The van der Waals surface area contributed by atoms with Crippen LogP contribution in [0.4, 0.5) is 4.39 Å². The fourth-order valence-corrected chi connectivity index (χ4v) is 2.91. The summed E-state index contributed by atoms with van der Waals surface area (Å²) >= 11 is 1.43. The van der Waals surface area contributed by atoms with Gasteiger partial charge in [-0.15, -0.1) is 5.10 Å². The average molecular weight is 333 g/mol. The number of aromatic nitrogens is 7. The number of thioether (sulfide) groups is 1. The van der Waals surface area contributed by atoms with Gasteiger partial charge in [0.15, 0.2) is 0 Å². The molecule has 0 atom stereocenters. The van der Waals surface area contributed by atoms with Crippen LogP contribution in [-0.2, 0) is 12.3 Å². The van der Waals surface area contributed by atoms with Crippen molar-refractivity contribution in [1.82, 2.24) is 35.0 Å². The molecule has 0 saturated carbocycles. The number of nitrogens with zero attached hydrogens (tertiary/aromatic N) is 7. The van der Waals surface area contributed by atoms with Gasteiger partial charge in [-0.3, -0.25) is 0 Å². The van der Waals surface area contributed by atoms with Crippen molar-refractivity contribution in [2.75, 3.05) is 0 Å². The first-order valence-electron chi connectivity index (χ1n) is 7.17. The standard InChI is InChI=1S/C14H16FN7S/c1-10(2)7-21-13(16-9-17-21)8-23-14-18-19-20-22(14)12-5-3-4-11(15)6-12/h3-6,9-10H,7-8H2,1-2H3. The Hall–Kier alpha value is -2.29. The quantitative estimate of drug-likeness (QED) is 0.645. The second-order valence-electron chi connectivity index (χ2n) is 5.39. The van der Waals surface area contributed by atoms with Gasteiger partial charge < -0.3 is 0 Å². The van der Waals surface area contributed by atoms with Crippen molar-refractivity contribution in [3.63, 3.8) is 0 Å². The molecule has 2 heterocycles. The predicted molar refractivity (Wildman–Crippen MR) is 83.5 cm³/mol. The smallest absolute Gasteiger partial charge is 0.214 e. The molecule has 23 heavy (non-hydrogen) atoms. The zero-order valence-corrected chi connectivity index (χ0v) is 13.6. The van der Waals surface area contributed by atoms with E-state index >= 15 is 0 Å². The van der Waals surface area contributed by atoms with Crippen molar-refractivity contribution < 1.29 is 4.39 Å². The van der Waals surface area contributed by atoms with E-state index in [1.165, 1.54) is 28.6 Å². The Kier molecular flexibility index (Phi) is 4.65. The Morgan fingerprint density at radius 3 is 2.96 bits per heavy atom. The molecule has 0 fully saturated rings. The van der Waals surface area contributed by atoms with Crippen LogP contribution in [0.2, 0.25) is 0 Å². The molecule has 0 amide bonds. The number of hydrogen-bond donors (Lipinski definition) is 0. The Balaban J connectivity index is 1.75. The molecule has 0 N–H and O–H groups in total. The van der Waals surface area contributed by atoms with Gasteiger partial charge in [-0.05, 0) is 34.5 Å². The fourth-order valence-electron chi connectivity index (χ4n) is 2.07. The van der Waals surface area contributed by atoms with Crippen LogP contribution in [0.1, 0.15) is 19.7 Å². The molecule has 1 aromatic carbocycles. The summed E-state index contributed by atoms with van der Waals surface area (Å²) in [6, 6.07) is 6.15. The van der Waals surface area contributed by atoms with Gasteiger partial charge in [-0.2, -0.15) is 9.78 Å². The molecule has 3 rings (SSSR count). The van der Waals surface area contributed by atoms with E-state index in [9.17, 15) is 4.39 Å². The molecule has 7 nitrogen and oxygen atoms in total. The molecule has 0 aliphatic rings. The number of rotatable bonds is 6. The summed E-state index contributed by atoms with van der Waals surface area (Å²) in [7, 11) is 0. The van der Waals surface area contributed by atoms with Gasteiger partial charge in [0, 0.05) is 6.54 Å². The molecule has 0 aliphatic heterocycles. The van der Waals surface area contributed by atoms with Crippen molar-refractivity contribution in [3.05, 3.63) is 42.2 Å². The highest BCUT2D eigenvalue weighted by Gasteiger charge is 2.12. The van der Waals surface area contributed by atoms with Gasteiger partial charge in [0.25, 0.3) is 0 Å². The SMILES string of the molecule is CC(C)Cn1ncnc1CSc1nnnn1-c1cccc(F)c1. The molecule has 0 saturated heterocycles. The highest BCUT2D eigenvalue weighted by Crippen LogP contribution is 2.22. The third kappa shape index (κ3) is 3.73. The Labute approximate surface area is 136 Å². The molecule has 3 aromatic rings. The maximum Gasteiger partial charge on any atom is 0.214 e. The average Bonchev–Trinajstić information content (AvgIpc) is 3.13. The molecule has 0 radical (unpaired) electrons. The number of halogens is 1. The maximum absolute atomic E-state index is 13.4. The van der Waals surface area contributed by atoms with Crippen LogP contribution in [0.5, 0.6) is 0 Å². The van der Waals surface area contributed by atoms with Crippen LogP contribution in [0.25, 0.3) is 5.69 Å². The number of tetrazole rings is 1. The van der Waals surface area contributed by atoms with E-state index in [0.717, 1.165) is 12.4 Å². The molecule has 0 bridgehead atoms. The van der Waals surface area contributed by atoms with Gasteiger partial charge in [0.05, 0.1) is 11.4 Å². The normalized spacial score (nSPS) is 11.3. The lowest BCUT2D eigenvalue weighted by Crippen LogP contribution is -2.10. The Morgan fingerprint density at radius 2 is 2.17 bits per heavy atom. The van der Waals surface area contributed by atoms with Crippen LogP contribution < -0.4 is 0 Å². The lowest BCUT2D eigenvalue weighted by molar-refractivity contribution is 0.471. The largest absolute Gasteiger partial charge is 0.249 e. The molecule has 0 aliphatic carbocycles. The van der Waals surface area contributed by atoms with E-state index in [2.05, 4.69) is 39.5 Å². The third-order valence-electron chi connectivity index (χ3n) is 3.06. The minimum absolute atomic E-state index is 0.328. The van der Waals surface area contributed by atoms with E-state index in [-0.39, 0.29) is 5.82 Å². The Bertz CT molecular complexity index is 783. The first-order valence-corrected chi connectivity index (χ1v) is 8.16. The van der Waals surface area contributed by atoms with Crippen LogP contribution >= 0.6 is 11.8 Å². The molecule has 0 unspecified atom stereocenters. The van der Waals surface area contributed by atoms with E-state index in [1.807, 2.05) is 4.68 Å². The summed E-state index contributed by atoms with van der Waals surface area (Å²) in [6.07, 6.45) is 1.55. The minimum Gasteiger partial charge on any atom is -0.249 e. The third-order valence-corrected chi connectivity index (χ3v) is 3.97. The van der Waals surface area contributed by atoms with Crippen molar-refractivity contribution >= 4 is 11.8 Å². The topological polar surface area (TPSA) is 74.3 Å². The van der Waals surface area contributed by atoms with Gasteiger partial charge in [0.1, 0.15) is 18.0 Å². The van der Waals surface area contributed by atoms with Crippen LogP contribution in [0, 0.1) is 11.7 Å². The highest BCUT2D eigenvalue weighted by atomic mass is 32.2. The van der Waals surface area contributed by atoms with Crippen molar-refractivity contribution in [1.29, 1.82) is 0 Å². The summed E-state index contributed by atoms with van der Waals surface area (Å²) < 4.78 is 16.8. The van der Waals surface area contributed by atoms with E-state index < -0.39 is 0 Å². The molecule has 120 valence electrons. The zero-order chi connectivity index (χ0) is 16.2. The van der Waals surface area contributed by atoms with Crippen LogP contribution in [-0.4, -0.2) is 35.0 Å². The van der Waals surface area contributed by atoms with E-state index in [1.54, 1.807) is 18.5 Å². The van der Waals surface area contributed by atoms with Gasteiger partial charge in [-0.25, -0.2) is 14.1 Å². The Morgan fingerprint density at radius 1 is 1.30 bits per heavy atom. The van der Waals surface area contributed by atoms with Crippen molar-refractivity contribution in [3.8, 4) is 5.69 Å². The second kappa shape index (κ2) is 6.86. The second-order valence-corrected chi connectivity index (χ2v) is 6.34. The molecule has 2 aromatic heterocycles. The predicted octanol–water partition coefficient (Wildman–Crippen LogP) is 2.34. The lowest BCUT2D eigenvalue weighted by atomic mass is 10.2. The maximum atomic E-state index is 13.4. The summed E-state index contributed by atoms with van der Waals surface area (Å²) in [5.41, 5.74) is 0.584. The first-order chi connectivity index (χ1) is 11.1. The molecule has 9 heteroatoms. The monoisotopic (exact) mass is 333 g/mol. The zero-order valence-electron chi connectivity index (χ0n) is 12.8. The van der Waals surface area contributed by atoms with E-state index in [4.69, 9.17) is 0 Å². The molecule has 0 spiro atoms. The first kappa shape index (κ1) is 15.6. The molecular weight excluding hydrogens is 317 g/mol. The summed E-state index contributed by atoms with van der Waals surface area (Å²) in [5, 5.41) is 16.4. The van der Waals surface area contributed by atoms with Gasteiger partial charge in [-0.1, -0.05) is 31.7 Å². The minimum atomic E-state index is -0.328. The lowest BCUT2D eigenvalue weighted by Gasteiger charge is -2.08. The highest BCUT2D eigenvalue weighted by molar-refractivity contribution is 7.98. The summed E-state index contributed by atoms with van der Waals surface area (Å²) in [6.45, 7) is 5.07. The van der Waals surface area contributed by atoms with Crippen molar-refractivity contribution in [2.45, 2.75) is 31.3 Å². The van der Waals surface area contributed by atoms with Gasteiger partial charge >= 0.3 is 0 Å². The molecular formula is C14H16FN7S. The number of benzene rings is 1. The van der Waals surface area contributed by atoms with Crippen LogP contribution in [0.15, 0.2) is 35.7 Å². The van der Waals surface area contributed by atoms with E-state index in [0.29, 0.717) is 22.5 Å².